The lowest BCUT2D eigenvalue weighted by molar-refractivity contribution is -0.118. The van der Waals surface area contributed by atoms with Crippen molar-refractivity contribution in [2.24, 2.45) is 5.92 Å². The van der Waals surface area contributed by atoms with Gasteiger partial charge in [-0.3, -0.25) is 9.59 Å². The van der Waals surface area contributed by atoms with Crippen LogP contribution in [0.5, 0.6) is 0 Å². The molecule has 0 radical (unpaired) electrons. The topological polar surface area (TPSA) is 71.1 Å². The lowest BCUT2D eigenvalue weighted by atomic mass is 10.0. The number of nitrogens with zero attached hydrogens (tertiary/aromatic N) is 1. The van der Waals surface area contributed by atoms with E-state index in [4.69, 9.17) is 0 Å². The van der Waals surface area contributed by atoms with Crippen LogP contribution in [0.2, 0.25) is 0 Å². The van der Waals surface area contributed by atoms with Gasteiger partial charge in [0.15, 0.2) is 5.13 Å². The fourth-order valence-corrected chi connectivity index (χ4v) is 2.78. The average Bonchev–Trinajstić information content (AvgIpc) is 3.07. The Kier molecular flexibility index (Phi) is 4.86. The zero-order chi connectivity index (χ0) is 14.5. The molecule has 2 aromatic heterocycles. The van der Waals surface area contributed by atoms with Crippen molar-refractivity contribution in [3.8, 4) is 0 Å². The second-order valence-corrected chi connectivity index (χ2v) is 6.34. The van der Waals surface area contributed by atoms with Crippen LogP contribution in [-0.4, -0.2) is 22.8 Å². The van der Waals surface area contributed by atoms with Crippen LogP contribution in [0.3, 0.4) is 0 Å². The van der Waals surface area contributed by atoms with Crippen molar-refractivity contribution in [1.82, 2.24) is 10.3 Å². The van der Waals surface area contributed by atoms with E-state index in [2.05, 4.69) is 15.6 Å². The predicted molar refractivity (Wildman–Crippen MR) is 81.2 cm³/mol. The van der Waals surface area contributed by atoms with E-state index < -0.39 is 6.04 Å². The van der Waals surface area contributed by atoms with Crippen molar-refractivity contribution in [3.63, 3.8) is 0 Å². The lowest BCUT2D eigenvalue weighted by Gasteiger charge is -2.20. The van der Waals surface area contributed by atoms with Crippen molar-refractivity contribution in [1.29, 1.82) is 0 Å². The number of nitrogens with one attached hydrogen (secondary N) is 2. The summed E-state index contributed by atoms with van der Waals surface area (Å²) in [6, 6.07) is 2.95. The number of anilines is 1. The smallest absolute Gasteiger partial charge is 0.262 e. The SMILES string of the molecule is CC(C)C(NC(=O)c1cccs1)C(=O)Nc1nccs1. The Morgan fingerprint density at radius 2 is 2.05 bits per heavy atom. The van der Waals surface area contributed by atoms with Crippen molar-refractivity contribution >= 4 is 39.6 Å². The zero-order valence-corrected chi connectivity index (χ0v) is 12.8. The van der Waals surface area contributed by atoms with Gasteiger partial charge in [0, 0.05) is 11.6 Å². The summed E-state index contributed by atoms with van der Waals surface area (Å²) in [7, 11) is 0. The monoisotopic (exact) mass is 309 g/mol. The average molecular weight is 309 g/mol. The number of carbonyl (C=O) groups excluding carboxylic acids is 2. The van der Waals surface area contributed by atoms with E-state index in [9.17, 15) is 9.59 Å². The first kappa shape index (κ1) is 14.7. The summed E-state index contributed by atoms with van der Waals surface area (Å²) in [6.45, 7) is 3.78. The third-order valence-electron chi connectivity index (χ3n) is 2.64. The normalized spacial score (nSPS) is 12.2. The third-order valence-corrected chi connectivity index (χ3v) is 4.20. The van der Waals surface area contributed by atoms with E-state index in [0.29, 0.717) is 10.0 Å². The molecule has 0 fully saturated rings. The minimum atomic E-state index is -0.589. The molecule has 0 aliphatic heterocycles. The van der Waals surface area contributed by atoms with Gasteiger partial charge in [-0.25, -0.2) is 4.98 Å². The Morgan fingerprint density at radius 1 is 1.25 bits per heavy atom. The van der Waals surface area contributed by atoms with Gasteiger partial charge < -0.3 is 10.6 Å². The molecule has 0 bridgehead atoms. The first-order valence-electron chi connectivity index (χ1n) is 6.12. The number of amides is 2. The van der Waals surface area contributed by atoms with Crippen LogP contribution in [0.4, 0.5) is 5.13 Å². The van der Waals surface area contributed by atoms with Crippen molar-refractivity contribution in [3.05, 3.63) is 34.0 Å². The molecule has 7 heteroatoms. The van der Waals surface area contributed by atoms with E-state index in [0.717, 1.165) is 0 Å². The molecule has 2 aromatic rings. The molecule has 5 nitrogen and oxygen atoms in total. The maximum atomic E-state index is 12.2. The van der Waals surface area contributed by atoms with Crippen LogP contribution in [0.1, 0.15) is 23.5 Å². The van der Waals surface area contributed by atoms with Gasteiger partial charge in [-0.05, 0) is 17.4 Å². The molecule has 0 spiro atoms. The van der Waals surface area contributed by atoms with Gasteiger partial charge in [0.2, 0.25) is 5.91 Å². The first-order valence-corrected chi connectivity index (χ1v) is 7.88. The molecule has 0 saturated heterocycles. The van der Waals surface area contributed by atoms with Crippen LogP contribution >= 0.6 is 22.7 Å². The largest absolute Gasteiger partial charge is 0.339 e. The van der Waals surface area contributed by atoms with Gasteiger partial charge in [0.05, 0.1) is 4.88 Å². The summed E-state index contributed by atoms with van der Waals surface area (Å²) < 4.78 is 0. The lowest BCUT2D eigenvalue weighted by Crippen LogP contribution is -2.46. The van der Waals surface area contributed by atoms with Gasteiger partial charge in [0.1, 0.15) is 6.04 Å². The number of thiazole rings is 1. The molecule has 2 rings (SSSR count). The summed E-state index contributed by atoms with van der Waals surface area (Å²) in [5, 5.41) is 9.62. The van der Waals surface area contributed by atoms with E-state index in [1.807, 2.05) is 19.2 Å². The Hall–Kier alpha value is -1.73. The summed E-state index contributed by atoms with van der Waals surface area (Å²) in [5.41, 5.74) is 0. The molecule has 1 unspecified atom stereocenters. The molecule has 0 aromatic carbocycles. The molecule has 0 aliphatic rings. The number of hydrogen-bond acceptors (Lipinski definition) is 5. The van der Waals surface area contributed by atoms with Crippen LogP contribution < -0.4 is 10.6 Å². The second-order valence-electron chi connectivity index (χ2n) is 4.50. The van der Waals surface area contributed by atoms with Gasteiger partial charge in [-0.2, -0.15) is 0 Å². The van der Waals surface area contributed by atoms with Crippen LogP contribution in [0.25, 0.3) is 0 Å². The van der Waals surface area contributed by atoms with E-state index in [-0.39, 0.29) is 17.7 Å². The second kappa shape index (κ2) is 6.62. The molecule has 2 heterocycles. The summed E-state index contributed by atoms with van der Waals surface area (Å²) in [5.74, 6) is -0.494. The molecule has 0 aliphatic carbocycles. The summed E-state index contributed by atoms with van der Waals surface area (Å²) in [6.07, 6.45) is 1.62. The van der Waals surface area contributed by atoms with Crippen molar-refractivity contribution in [2.75, 3.05) is 5.32 Å². The minimum absolute atomic E-state index is 0.0149. The molecular formula is C13H15N3O2S2. The maximum absolute atomic E-state index is 12.2. The molecular weight excluding hydrogens is 294 g/mol. The fourth-order valence-electron chi connectivity index (χ4n) is 1.62. The summed E-state index contributed by atoms with van der Waals surface area (Å²) in [4.78, 5) is 28.8. The van der Waals surface area contributed by atoms with Crippen LogP contribution in [0, 0.1) is 5.92 Å². The highest BCUT2D eigenvalue weighted by Crippen LogP contribution is 2.14. The Labute approximate surface area is 125 Å². The van der Waals surface area contributed by atoms with Gasteiger partial charge in [0.25, 0.3) is 5.91 Å². The summed E-state index contributed by atoms with van der Waals surface area (Å²) >= 11 is 2.69. The highest BCUT2D eigenvalue weighted by atomic mass is 32.1. The minimum Gasteiger partial charge on any atom is -0.339 e. The number of aromatic nitrogens is 1. The highest BCUT2D eigenvalue weighted by Gasteiger charge is 2.25. The number of hydrogen-bond donors (Lipinski definition) is 2. The predicted octanol–water partition coefficient (Wildman–Crippen LogP) is 2.60. The van der Waals surface area contributed by atoms with Crippen LogP contribution in [-0.2, 0) is 4.79 Å². The molecule has 0 saturated carbocycles. The number of rotatable bonds is 5. The standard InChI is InChI=1S/C13H15N3O2S2/c1-8(2)10(12(18)16-13-14-5-7-20-13)15-11(17)9-4-3-6-19-9/h3-8,10H,1-2H3,(H,15,17)(H,14,16,18). The number of carbonyl (C=O) groups is 2. The first-order chi connectivity index (χ1) is 9.58. The van der Waals surface area contributed by atoms with E-state index >= 15 is 0 Å². The Morgan fingerprint density at radius 3 is 2.60 bits per heavy atom. The van der Waals surface area contributed by atoms with Crippen LogP contribution in [0.15, 0.2) is 29.1 Å². The molecule has 1 atom stereocenters. The molecule has 2 amide bonds. The van der Waals surface area contributed by atoms with Crippen molar-refractivity contribution in [2.45, 2.75) is 19.9 Å². The van der Waals surface area contributed by atoms with Gasteiger partial charge in [-0.1, -0.05) is 19.9 Å². The van der Waals surface area contributed by atoms with Gasteiger partial charge >= 0.3 is 0 Å². The van der Waals surface area contributed by atoms with Gasteiger partial charge in [-0.15, -0.1) is 22.7 Å². The Bertz CT molecular complexity index is 564. The molecule has 20 heavy (non-hydrogen) atoms. The third kappa shape index (κ3) is 3.64. The quantitative estimate of drug-likeness (QED) is 0.892. The highest BCUT2D eigenvalue weighted by molar-refractivity contribution is 7.13. The fraction of sp³-hybridized carbons (Fsp3) is 0.308. The molecule has 106 valence electrons. The zero-order valence-electron chi connectivity index (χ0n) is 11.1. The van der Waals surface area contributed by atoms with E-state index in [1.54, 1.807) is 23.7 Å². The number of thiophene rings is 1. The van der Waals surface area contributed by atoms with E-state index in [1.165, 1.54) is 22.7 Å². The maximum Gasteiger partial charge on any atom is 0.262 e. The molecule has 2 N–H and O–H groups in total. The van der Waals surface area contributed by atoms with Crippen molar-refractivity contribution < 1.29 is 9.59 Å². The Balaban J connectivity index is 2.03.